The van der Waals surface area contributed by atoms with Gasteiger partial charge in [0, 0.05) is 18.8 Å². The molecule has 0 aromatic rings. The molecule has 1 unspecified atom stereocenters. The molecule has 13 heavy (non-hydrogen) atoms. The van der Waals surface area contributed by atoms with Crippen LogP contribution in [0.3, 0.4) is 0 Å². The molecule has 0 bridgehead atoms. The zero-order valence-electron chi connectivity index (χ0n) is 7.71. The van der Waals surface area contributed by atoms with Gasteiger partial charge in [0.25, 0.3) is 0 Å². The number of carbonyl (C=O) groups excluding carboxylic acids is 1. The highest BCUT2D eigenvalue weighted by atomic mass is 35.5. The fraction of sp³-hybridized carbons (Fsp3) is 0.889. The van der Waals surface area contributed by atoms with Gasteiger partial charge in [-0.25, -0.2) is 0 Å². The van der Waals surface area contributed by atoms with Crippen LogP contribution in [0.5, 0.6) is 0 Å². The first-order chi connectivity index (χ1) is 6.29. The normalized spacial score (nSPS) is 22.8. The molecule has 3 nitrogen and oxygen atoms in total. The number of aliphatic hydroxyl groups excluding tert-OH is 1. The maximum Gasteiger partial charge on any atom is 0.222 e. The van der Waals surface area contributed by atoms with Crippen molar-refractivity contribution in [2.24, 2.45) is 0 Å². The third-order valence-corrected chi connectivity index (χ3v) is 2.71. The van der Waals surface area contributed by atoms with Crippen molar-refractivity contribution in [2.45, 2.75) is 31.7 Å². The Hall–Kier alpha value is -0.280. The van der Waals surface area contributed by atoms with Gasteiger partial charge in [-0.1, -0.05) is 0 Å². The van der Waals surface area contributed by atoms with E-state index < -0.39 is 0 Å². The van der Waals surface area contributed by atoms with Crippen LogP contribution in [0.2, 0.25) is 0 Å². The van der Waals surface area contributed by atoms with Crippen molar-refractivity contribution in [3.8, 4) is 0 Å². The number of likely N-dealkylation sites (tertiary alicyclic amines) is 1. The van der Waals surface area contributed by atoms with Crippen LogP contribution < -0.4 is 0 Å². The second-order valence-electron chi connectivity index (χ2n) is 3.36. The summed E-state index contributed by atoms with van der Waals surface area (Å²) in [5, 5.41) is 8.99. The Morgan fingerprint density at radius 1 is 1.54 bits per heavy atom. The van der Waals surface area contributed by atoms with Crippen LogP contribution in [0.4, 0.5) is 0 Å². The van der Waals surface area contributed by atoms with E-state index in [0.717, 1.165) is 25.8 Å². The van der Waals surface area contributed by atoms with Gasteiger partial charge in [-0.3, -0.25) is 4.79 Å². The first kappa shape index (κ1) is 10.8. The molecule has 1 amide bonds. The quantitative estimate of drug-likeness (QED) is 0.537. The van der Waals surface area contributed by atoms with Crippen LogP contribution in [0.15, 0.2) is 0 Å². The molecule has 0 spiro atoms. The second kappa shape index (κ2) is 5.45. The lowest BCUT2D eigenvalue weighted by Gasteiger charge is -2.22. The number of aliphatic hydroxyl groups is 1. The summed E-state index contributed by atoms with van der Waals surface area (Å²) in [5.41, 5.74) is 0. The van der Waals surface area contributed by atoms with Gasteiger partial charge >= 0.3 is 0 Å². The highest BCUT2D eigenvalue weighted by molar-refractivity contribution is 6.17. The predicted octanol–water partition coefficient (Wildman–Crippen LogP) is 0.989. The third-order valence-electron chi connectivity index (χ3n) is 2.45. The maximum absolute atomic E-state index is 11.3. The van der Waals surface area contributed by atoms with Gasteiger partial charge in [-0.2, -0.15) is 0 Å². The number of nitrogens with zero attached hydrogens (tertiary/aromatic N) is 1. The van der Waals surface area contributed by atoms with Gasteiger partial charge in [0.05, 0.1) is 12.6 Å². The largest absolute Gasteiger partial charge is 0.394 e. The van der Waals surface area contributed by atoms with Crippen LogP contribution in [0, 0.1) is 0 Å². The zero-order valence-corrected chi connectivity index (χ0v) is 8.46. The second-order valence-corrected chi connectivity index (χ2v) is 3.74. The number of unbranched alkanes of at least 4 members (excludes halogenated alkanes) is 1. The lowest BCUT2D eigenvalue weighted by atomic mass is 10.2. The van der Waals surface area contributed by atoms with Gasteiger partial charge < -0.3 is 10.0 Å². The highest BCUT2D eigenvalue weighted by Crippen LogP contribution is 2.18. The summed E-state index contributed by atoms with van der Waals surface area (Å²) in [4.78, 5) is 13.1. The van der Waals surface area contributed by atoms with Gasteiger partial charge in [-0.05, 0) is 19.3 Å². The average molecular weight is 206 g/mol. The monoisotopic (exact) mass is 205 g/mol. The summed E-state index contributed by atoms with van der Waals surface area (Å²) >= 11 is 5.54. The van der Waals surface area contributed by atoms with E-state index in [4.69, 9.17) is 16.7 Å². The third kappa shape index (κ3) is 2.85. The molecule has 1 aliphatic heterocycles. The minimum absolute atomic E-state index is 0.0582. The molecule has 1 heterocycles. The summed E-state index contributed by atoms with van der Waals surface area (Å²) < 4.78 is 0. The maximum atomic E-state index is 11.3. The minimum atomic E-state index is 0.0582. The average Bonchev–Trinajstić information content (AvgIpc) is 2.48. The molecule has 1 N–H and O–H groups in total. The van der Waals surface area contributed by atoms with E-state index in [9.17, 15) is 4.79 Å². The summed E-state index contributed by atoms with van der Waals surface area (Å²) in [6, 6.07) is 0.0582. The van der Waals surface area contributed by atoms with Gasteiger partial charge in [-0.15, -0.1) is 11.6 Å². The van der Waals surface area contributed by atoms with E-state index in [-0.39, 0.29) is 18.6 Å². The molecular formula is C9H16ClNO2. The lowest BCUT2D eigenvalue weighted by molar-refractivity contribution is -0.129. The first-order valence-corrected chi connectivity index (χ1v) is 5.29. The van der Waals surface area contributed by atoms with Crippen LogP contribution in [0.1, 0.15) is 25.7 Å². The zero-order chi connectivity index (χ0) is 9.68. The van der Waals surface area contributed by atoms with Crippen molar-refractivity contribution in [3.63, 3.8) is 0 Å². The molecule has 0 aromatic heterocycles. The van der Waals surface area contributed by atoms with Gasteiger partial charge in [0.1, 0.15) is 0 Å². The molecule has 1 atom stereocenters. The number of alkyl halides is 1. The fourth-order valence-electron chi connectivity index (χ4n) is 1.67. The van der Waals surface area contributed by atoms with Crippen molar-refractivity contribution >= 4 is 17.5 Å². The molecule has 1 saturated heterocycles. The summed E-state index contributed by atoms with van der Waals surface area (Å²) in [6.07, 6.45) is 3.26. The minimum Gasteiger partial charge on any atom is -0.394 e. The SMILES string of the molecule is O=C1CCC(CO)N1CCCCCl. The van der Waals surface area contributed by atoms with Crippen molar-refractivity contribution in [3.05, 3.63) is 0 Å². The Morgan fingerprint density at radius 3 is 2.92 bits per heavy atom. The lowest BCUT2D eigenvalue weighted by Crippen LogP contribution is -2.36. The number of carbonyl (C=O) groups is 1. The van der Waals surface area contributed by atoms with Crippen molar-refractivity contribution < 1.29 is 9.90 Å². The molecule has 1 fully saturated rings. The molecule has 0 aliphatic carbocycles. The van der Waals surface area contributed by atoms with Crippen LogP contribution in [-0.2, 0) is 4.79 Å². The topological polar surface area (TPSA) is 40.5 Å². The molecular weight excluding hydrogens is 190 g/mol. The van der Waals surface area contributed by atoms with Crippen LogP contribution >= 0.6 is 11.6 Å². The fourth-order valence-corrected chi connectivity index (χ4v) is 1.86. The Labute approximate surface area is 83.7 Å². The van der Waals surface area contributed by atoms with E-state index in [1.165, 1.54) is 0 Å². The summed E-state index contributed by atoms with van der Waals surface area (Å²) in [6.45, 7) is 0.837. The van der Waals surface area contributed by atoms with Crippen molar-refractivity contribution in [2.75, 3.05) is 19.0 Å². The smallest absolute Gasteiger partial charge is 0.222 e. The van der Waals surface area contributed by atoms with Crippen molar-refractivity contribution in [1.82, 2.24) is 4.90 Å². The van der Waals surface area contributed by atoms with E-state index in [0.29, 0.717) is 12.3 Å². The van der Waals surface area contributed by atoms with E-state index >= 15 is 0 Å². The molecule has 0 radical (unpaired) electrons. The highest BCUT2D eigenvalue weighted by Gasteiger charge is 2.29. The number of halogens is 1. The molecule has 4 heteroatoms. The predicted molar refractivity (Wildman–Crippen MR) is 51.8 cm³/mol. The Bertz CT molecular complexity index is 175. The van der Waals surface area contributed by atoms with Gasteiger partial charge in [0.2, 0.25) is 5.91 Å². The van der Waals surface area contributed by atoms with E-state index in [2.05, 4.69) is 0 Å². The number of hydrogen-bond donors (Lipinski definition) is 1. The van der Waals surface area contributed by atoms with Crippen LogP contribution in [-0.4, -0.2) is 41.0 Å². The Balaban J connectivity index is 2.31. The Morgan fingerprint density at radius 2 is 2.31 bits per heavy atom. The van der Waals surface area contributed by atoms with Gasteiger partial charge in [0.15, 0.2) is 0 Å². The number of rotatable bonds is 5. The van der Waals surface area contributed by atoms with E-state index in [1.54, 1.807) is 4.90 Å². The molecule has 1 rings (SSSR count). The number of hydrogen-bond acceptors (Lipinski definition) is 2. The Kier molecular flexibility index (Phi) is 4.53. The summed E-state index contributed by atoms with van der Waals surface area (Å²) in [5.74, 6) is 0.819. The first-order valence-electron chi connectivity index (χ1n) is 4.76. The molecule has 1 aliphatic rings. The van der Waals surface area contributed by atoms with E-state index in [1.807, 2.05) is 0 Å². The van der Waals surface area contributed by atoms with Crippen molar-refractivity contribution in [1.29, 1.82) is 0 Å². The molecule has 0 aromatic carbocycles. The summed E-state index contributed by atoms with van der Waals surface area (Å²) in [7, 11) is 0. The standard InChI is InChI=1S/C9H16ClNO2/c10-5-1-2-6-11-8(7-12)3-4-9(11)13/h8,12H,1-7H2. The molecule has 0 saturated carbocycles. The number of amides is 1. The van der Waals surface area contributed by atoms with Crippen LogP contribution in [0.25, 0.3) is 0 Å². The molecule has 76 valence electrons.